The lowest BCUT2D eigenvalue weighted by Gasteiger charge is -2.31. The third-order valence-electron chi connectivity index (χ3n) is 4.98. The maximum atomic E-state index is 13.0. The Kier molecular flexibility index (Phi) is 4.46. The molecule has 0 unspecified atom stereocenters. The Bertz CT molecular complexity index is 1060. The predicted octanol–water partition coefficient (Wildman–Crippen LogP) is 3.42. The number of para-hydroxylation sites is 1. The van der Waals surface area contributed by atoms with Gasteiger partial charge in [0.1, 0.15) is 5.52 Å². The van der Waals surface area contributed by atoms with Crippen LogP contribution in [0.1, 0.15) is 24.4 Å². The first-order valence-electron chi connectivity index (χ1n) is 8.53. The molecular weight excluding hydrogens is 372 g/mol. The molecule has 0 radical (unpaired) electrons. The molecule has 1 fully saturated rings. The van der Waals surface area contributed by atoms with E-state index in [1.165, 1.54) is 0 Å². The van der Waals surface area contributed by atoms with Crippen molar-refractivity contribution < 1.29 is 8.42 Å². The van der Waals surface area contributed by atoms with Crippen LogP contribution < -0.4 is 0 Å². The van der Waals surface area contributed by atoms with Crippen molar-refractivity contribution in [1.29, 1.82) is 0 Å². The summed E-state index contributed by atoms with van der Waals surface area (Å²) in [5, 5.41) is 8.94. The standard InChI is InChI=1S/C18H19ClN4O2S/c1-13-15(19)5-4-8-18(13)26(24,25)22-11-9-14(10-12-22)23-17-7-3-2-6-16(17)20-21-23/h2-8,14H,9-12H2,1H3. The summed E-state index contributed by atoms with van der Waals surface area (Å²) in [6.07, 6.45) is 1.40. The summed E-state index contributed by atoms with van der Waals surface area (Å²) in [7, 11) is -3.55. The van der Waals surface area contributed by atoms with Crippen LogP contribution in [0.4, 0.5) is 0 Å². The molecule has 0 spiro atoms. The average molecular weight is 391 g/mol. The van der Waals surface area contributed by atoms with Crippen LogP contribution in [-0.4, -0.2) is 40.8 Å². The molecule has 0 bridgehead atoms. The van der Waals surface area contributed by atoms with Gasteiger partial charge in [-0.3, -0.25) is 0 Å². The quantitative estimate of drug-likeness (QED) is 0.687. The molecule has 0 saturated carbocycles. The maximum absolute atomic E-state index is 13.0. The van der Waals surface area contributed by atoms with Crippen LogP contribution in [0.15, 0.2) is 47.4 Å². The zero-order valence-electron chi connectivity index (χ0n) is 14.3. The molecule has 2 aromatic carbocycles. The number of sulfonamides is 1. The van der Waals surface area contributed by atoms with Gasteiger partial charge in [0, 0.05) is 18.1 Å². The number of hydrogen-bond acceptors (Lipinski definition) is 4. The Morgan fingerprint density at radius 1 is 1.08 bits per heavy atom. The fourth-order valence-corrected chi connectivity index (χ4v) is 5.44. The normalized spacial score (nSPS) is 17.0. The molecule has 1 aromatic heterocycles. The summed E-state index contributed by atoms with van der Waals surface area (Å²) in [6, 6.07) is 13.0. The average Bonchev–Trinajstić information content (AvgIpc) is 3.08. The van der Waals surface area contributed by atoms with Gasteiger partial charge in [0.15, 0.2) is 0 Å². The topological polar surface area (TPSA) is 68.1 Å². The van der Waals surface area contributed by atoms with E-state index in [1.807, 2.05) is 28.9 Å². The van der Waals surface area contributed by atoms with Crippen molar-refractivity contribution in [2.45, 2.75) is 30.7 Å². The van der Waals surface area contributed by atoms with E-state index >= 15 is 0 Å². The van der Waals surface area contributed by atoms with E-state index in [0.29, 0.717) is 36.5 Å². The second-order valence-corrected chi connectivity index (χ2v) is 8.83. The third kappa shape index (κ3) is 2.90. The Morgan fingerprint density at radius 3 is 2.58 bits per heavy atom. The molecule has 1 aliphatic heterocycles. The third-order valence-corrected chi connectivity index (χ3v) is 7.44. The monoisotopic (exact) mass is 390 g/mol. The summed E-state index contributed by atoms with van der Waals surface area (Å²) < 4.78 is 29.5. The molecule has 1 aliphatic rings. The SMILES string of the molecule is Cc1c(Cl)cccc1S(=O)(=O)N1CCC(n2nnc3ccccc32)CC1. The van der Waals surface area contributed by atoms with Crippen molar-refractivity contribution >= 4 is 32.7 Å². The van der Waals surface area contributed by atoms with E-state index in [1.54, 1.807) is 29.4 Å². The molecule has 4 rings (SSSR count). The van der Waals surface area contributed by atoms with Gasteiger partial charge in [0.25, 0.3) is 0 Å². The minimum Gasteiger partial charge on any atom is -0.242 e. The zero-order valence-corrected chi connectivity index (χ0v) is 15.9. The highest BCUT2D eigenvalue weighted by molar-refractivity contribution is 7.89. The van der Waals surface area contributed by atoms with Gasteiger partial charge in [-0.1, -0.05) is 35.0 Å². The van der Waals surface area contributed by atoms with E-state index in [0.717, 1.165) is 11.0 Å². The number of hydrogen-bond donors (Lipinski definition) is 0. The van der Waals surface area contributed by atoms with Crippen molar-refractivity contribution in [3.05, 3.63) is 53.1 Å². The molecule has 0 aliphatic carbocycles. The number of halogens is 1. The van der Waals surface area contributed by atoms with E-state index in [-0.39, 0.29) is 10.9 Å². The Labute approximate surface area is 157 Å². The molecule has 1 saturated heterocycles. The second kappa shape index (κ2) is 6.64. The van der Waals surface area contributed by atoms with Crippen molar-refractivity contribution in [3.63, 3.8) is 0 Å². The van der Waals surface area contributed by atoms with Crippen LogP contribution in [0, 0.1) is 6.92 Å². The number of fused-ring (bicyclic) bond motifs is 1. The molecular formula is C18H19ClN4O2S. The number of nitrogens with zero attached hydrogens (tertiary/aromatic N) is 4. The first-order valence-corrected chi connectivity index (χ1v) is 10.4. The van der Waals surface area contributed by atoms with Crippen molar-refractivity contribution in [2.24, 2.45) is 0 Å². The van der Waals surface area contributed by atoms with Gasteiger partial charge in [-0.05, 0) is 49.6 Å². The molecule has 0 atom stereocenters. The van der Waals surface area contributed by atoms with Gasteiger partial charge in [0.05, 0.1) is 16.5 Å². The molecule has 26 heavy (non-hydrogen) atoms. The Hall–Kier alpha value is -1.96. The van der Waals surface area contributed by atoms with Crippen LogP contribution in [0.2, 0.25) is 5.02 Å². The van der Waals surface area contributed by atoms with Gasteiger partial charge < -0.3 is 0 Å². The van der Waals surface area contributed by atoms with Crippen LogP contribution in [0.3, 0.4) is 0 Å². The van der Waals surface area contributed by atoms with Gasteiger partial charge in [-0.2, -0.15) is 4.31 Å². The van der Waals surface area contributed by atoms with Gasteiger partial charge in [-0.15, -0.1) is 5.10 Å². The van der Waals surface area contributed by atoms with E-state index < -0.39 is 10.0 Å². The summed E-state index contributed by atoms with van der Waals surface area (Å²) in [6.45, 7) is 2.64. The summed E-state index contributed by atoms with van der Waals surface area (Å²) in [5.74, 6) is 0. The largest absolute Gasteiger partial charge is 0.243 e. The van der Waals surface area contributed by atoms with E-state index in [2.05, 4.69) is 10.3 Å². The Balaban J connectivity index is 1.56. The van der Waals surface area contributed by atoms with Gasteiger partial charge in [0.2, 0.25) is 10.0 Å². The van der Waals surface area contributed by atoms with Gasteiger partial charge >= 0.3 is 0 Å². The minimum absolute atomic E-state index is 0.148. The summed E-state index contributed by atoms with van der Waals surface area (Å²) >= 11 is 6.10. The fourth-order valence-electron chi connectivity index (χ4n) is 3.49. The smallest absolute Gasteiger partial charge is 0.242 e. The lowest BCUT2D eigenvalue weighted by Crippen LogP contribution is -2.39. The lowest BCUT2D eigenvalue weighted by molar-refractivity contribution is 0.262. The highest BCUT2D eigenvalue weighted by Crippen LogP contribution is 2.31. The lowest BCUT2D eigenvalue weighted by atomic mass is 10.1. The first kappa shape index (κ1) is 17.5. The molecule has 0 N–H and O–H groups in total. The summed E-state index contributed by atoms with van der Waals surface area (Å²) in [5.41, 5.74) is 2.44. The molecule has 0 amide bonds. The minimum atomic E-state index is -3.55. The van der Waals surface area contributed by atoms with Crippen LogP contribution >= 0.6 is 11.6 Å². The zero-order chi connectivity index (χ0) is 18.3. The molecule has 6 nitrogen and oxygen atoms in total. The molecule has 136 valence electrons. The van der Waals surface area contributed by atoms with E-state index in [4.69, 9.17) is 11.6 Å². The molecule has 2 heterocycles. The second-order valence-electron chi connectivity index (χ2n) is 6.52. The number of benzene rings is 2. The van der Waals surface area contributed by atoms with Gasteiger partial charge in [-0.25, -0.2) is 13.1 Å². The Morgan fingerprint density at radius 2 is 1.81 bits per heavy atom. The highest BCUT2D eigenvalue weighted by Gasteiger charge is 2.32. The number of aromatic nitrogens is 3. The van der Waals surface area contributed by atoms with Crippen LogP contribution in [0.5, 0.6) is 0 Å². The molecule has 8 heteroatoms. The number of piperidine rings is 1. The first-order chi connectivity index (χ1) is 12.5. The number of rotatable bonds is 3. The maximum Gasteiger partial charge on any atom is 0.243 e. The van der Waals surface area contributed by atoms with E-state index in [9.17, 15) is 8.42 Å². The van der Waals surface area contributed by atoms with Crippen LogP contribution in [-0.2, 0) is 10.0 Å². The van der Waals surface area contributed by atoms with Crippen molar-refractivity contribution in [3.8, 4) is 0 Å². The fraction of sp³-hybridized carbons (Fsp3) is 0.333. The summed E-state index contributed by atoms with van der Waals surface area (Å²) in [4.78, 5) is 0.287. The predicted molar refractivity (Wildman–Crippen MR) is 101 cm³/mol. The van der Waals surface area contributed by atoms with Crippen molar-refractivity contribution in [2.75, 3.05) is 13.1 Å². The highest BCUT2D eigenvalue weighted by atomic mass is 35.5. The van der Waals surface area contributed by atoms with Crippen LogP contribution in [0.25, 0.3) is 11.0 Å². The van der Waals surface area contributed by atoms with Crippen molar-refractivity contribution in [1.82, 2.24) is 19.3 Å². The molecule has 3 aromatic rings.